The predicted molar refractivity (Wildman–Crippen MR) is 494 cm³/mol. The summed E-state index contributed by atoms with van der Waals surface area (Å²) >= 11 is 0. The molecule has 24 rings (SSSR count). The lowest BCUT2D eigenvalue weighted by atomic mass is 10.0. The van der Waals surface area contributed by atoms with Crippen molar-refractivity contribution < 1.29 is 0 Å². The van der Waals surface area contributed by atoms with Crippen LogP contribution < -0.4 is 0 Å². The van der Waals surface area contributed by atoms with Gasteiger partial charge in [0.25, 0.3) is 0 Å². The van der Waals surface area contributed by atoms with E-state index in [0.29, 0.717) is 64.1 Å². The van der Waals surface area contributed by atoms with Crippen LogP contribution in [0.4, 0.5) is 0 Å². The first kappa shape index (κ1) is 71.9. The van der Waals surface area contributed by atoms with Gasteiger partial charge in [0.1, 0.15) is 5.82 Å². The van der Waals surface area contributed by atoms with Crippen molar-refractivity contribution in [1.29, 1.82) is 0 Å². The van der Waals surface area contributed by atoms with Crippen LogP contribution in [0, 0.1) is 0 Å². The van der Waals surface area contributed by atoms with E-state index in [1.807, 2.05) is 133 Å². The normalized spacial score (nSPS) is 11.5. The molecule has 24 aromatic rings. The zero-order valence-electron chi connectivity index (χ0n) is 66.1. The number of hydrogen-bond acceptors (Lipinski definition) is 14. The first-order valence-corrected chi connectivity index (χ1v) is 40.8. The Morgan fingerprint density at radius 1 is 0.177 bits per heavy atom. The fraction of sp³-hybridized carbons (Fsp3) is 0. The number of para-hydroxylation sites is 4. The highest BCUT2D eigenvalue weighted by molar-refractivity contribution is 6.14. The van der Waals surface area contributed by atoms with Crippen LogP contribution in [-0.2, 0) is 0 Å². The highest BCUT2D eigenvalue weighted by Gasteiger charge is 2.24. The van der Waals surface area contributed by atoms with Gasteiger partial charge in [-0.15, -0.1) is 0 Å². The van der Waals surface area contributed by atoms with Crippen LogP contribution in [0.1, 0.15) is 0 Å². The molecule has 11 aromatic heterocycles. The maximum absolute atomic E-state index is 5.15. The van der Waals surface area contributed by atoms with Gasteiger partial charge in [-0.05, 0) is 162 Å². The van der Waals surface area contributed by atoms with Gasteiger partial charge in [-0.1, -0.05) is 212 Å². The molecule has 0 radical (unpaired) electrons. The van der Waals surface area contributed by atoms with E-state index < -0.39 is 0 Å². The smallest absolute Gasteiger partial charge is 0.201 e. The quantitative estimate of drug-likeness (QED) is 0.107. The van der Waals surface area contributed by atoms with Crippen LogP contribution in [0.25, 0.3) is 229 Å². The Bertz CT molecular complexity index is 7780. The van der Waals surface area contributed by atoms with Gasteiger partial charge in [0.15, 0.2) is 52.4 Å². The van der Waals surface area contributed by atoms with Crippen LogP contribution in [0.5, 0.6) is 0 Å². The lowest BCUT2D eigenvalue weighted by Crippen LogP contribution is -2.05. The summed E-state index contributed by atoms with van der Waals surface area (Å²) < 4.78 is 6.85. The number of pyridine rings is 3. The number of aromatic amines is 1. The number of H-pyrrole nitrogens is 1. The van der Waals surface area contributed by atoms with Crippen molar-refractivity contribution >= 4 is 87.2 Å². The predicted octanol–water partition coefficient (Wildman–Crippen LogP) is 24.2. The number of nitrogens with zero attached hydrogens (tertiary/aromatic N) is 17. The molecular formula is C106H66N18. The molecule has 0 atom stereocenters. The average molecular weight is 1590 g/mol. The third-order valence-corrected chi connectivity index (χ3v) is 22.7. The van der Waals surface area contributed by atoms with Crippen LogP contribution in [0.15, 0.2) is 395 Å². The molecule has 0 saturated carbocycles. The van der Waals surface area contributed by atoms with Crippen molar-refractivity contribution in [1.82, 2.24) is 88.5 Å². The topological polar surface area (TPSA) is 211 Å². The molecule has 0 saturated heterocycles. The van der Waals surface area contributed by atoms with E-state index in [1.165, 1.54) is 32.7 Å². The summed E-state index contributed by atoms with van der Waals surface area (Å²) in [5.74, 6) is 6.00. The third kappa shape index (κ3) is 13.1. The van der Waals surface area contributed by atoms with Crippen LogP contribution in [0.2, 0.25) is 0 Å². The Morgan fingerprint density at radius 2 is 0.500 bits per heavy atom. The Balaban J connectivity index is 0.000000154. The van der Waals surface area contributed by atoms with E-state index in [-0.39, 0.29) is 0 Å². The highest BCUT2D eigenvalue weighted by Crippen LogP contribution is 2.42. The zero-order chi connectivity index (χ0) is 82.0. The molecule has 13 aromatic carbocycles. The van der Waals surface area contributed by atoms with Gasteiger partial charge in [0.2, 0.25) is 5.82 Å². The number of fused-ring (bicyclic) bond motifs is 12. The molecule has 0 unspecified atom stereocenters. The van der Waals surface area contributed by atoms with E-state index in [1.54, 1.807) is 43.4 Å². The molecule has 0 fully saturated rings. The molecule has 0 spiro atoms. The van der Waals surface area contributed by atoms with E-state index in [9.17, 15) is 0 Å². The molecule has 0 bridgehead atoms. The standard InChI is InChI=1S/C62H38N12.C44H28N6/c1-3-14-39(15-4-1)56-67-58(70-59(68-56)44-19-12-31-63-37-44)43-18-11-21-46(34-43)73-51-24-9-7-22-47(51)49-35-41(26-28-53(49)73)42-27-29-54-50(36-42)48-23-8-10-25-52(48)74(54)55-30-33-65-61(66-55)62-71-57(40-16-5-2-6-17-40)69-60(72-62)45-20-13-32-64-38-45;1-2-10-28(11-3-1)42-47-43(49-44(48-42)32-13-9-23-45-27-32)31-12-8-14-33(24-31)50-40-18-7-5-16-35(40)37-26-30(20-22-41(37)50)29-19-21-39-36(25-29)34-15-4-6-17-38(34)46-39/h1-38H;1-27,46H. The first-order valence-electron chi connectivity index (χ1n) is 40.8. The number of aromatic nitrogens is 18. The number of hydrogen-bond donors (Lipinski definition) is 1. The molecule has 0 aliphatic carbocycles. The maximum Gasteiger partial charge on any atom is 0.201 e. The molecular weight excluding hydrogens is 1530 g/mol. The second kappa shape index (κ2) is 30.5. The minimum absolute atomic E-state index is 0.364. The second-order valence-electron chi connectivity index (χ2n) is 30.3. The van der Waals surface area contributed by atoms with Gasteiger partial charge in [0, 0.05) is 153 Å². The van der Waals surface area contributed by atoms with Gasteiger partial charge in [-0.25, -0.2) is 54.8 Å². The lowest BCUT2D eigenvalue weighted by molar-refractivity contribution is 0.996. The van der Waals surface area contributed by atoms with E-state index in [4.69, 9.17) is 54.8 Å². The fourth-order valence-corrected chi connectivity index (χ4v) is 16.9. The summed E-state index contributed by atoms with van der Waals surface area (Å²) in [5.41, 5.74) is 22.3. The Kier molecular flexibility index (Phi) is 17.7. The van der Waals surface area contributed by atoms with E-state index in [0.717, 1.165) is 133 Å². The Labute approximate surface area is 708 Å². The monoisotopic (exact) mass is 1590 g/mol. The van der Waals surface area contributed by atoms with Crippen molar-refractivity contribution in [2.45, 2.75) is 0 Å². The molecule has 580 valence electrons. The molecule has 11 heterocycles. The first-order chi connectivity index (χ1) is 61.4. The Morgan fingerprint density at radius 3 is 0.927 bits per heavy atom. The summed E-state index contributed by atoms with van der Waals surface area (Å²) in [4.78, 5) is 70.7. The second-order valence-corrected chi connectivity index (χ2v) is 30.3. The van der Waals surface area contributed by atoms with Crippen LogP contribution in [-0.4, -0.2) is 88.5 Å². The zero-order valence-corrected chi connectivity index (χ0v) is 66.1. The molecule has 1 N–H and O–H groups in total. The fourth-order valence-electron chi connectivity index (χ4n) is 16.9. The molecule has 0 aliphatic rings. The van der Waals surface area contributed by atoms with Gasteiger partial charge in [0.05, 0.1) is 33.1 Å². The molecule has 124 heavy (non-hydrogen) atoms. The van der Waals surface area contributed by atoms with Crippen molar-refractivity contribution in [2.75, 3.05) is 0 Å². The summed E-state index contributed by atoms with van der Waals surface area (Å²) in [6.45, 7) is 0. The minimum atomic E-state index is 0.364. The summed E-state index contributed by atoms with van der Waals surface area (Å²) in [6, 6.07) is 121. The van der Waals surface area contributed by atoms with Gasteiger partial charge in [-0.2, -0.15) is 0 Å². The van der Waals surface area contributed by atoms with Crippen molar-refractivity contribution in [2.24, 2.45) is 0 Å². The SMILES string of the molecule is c1ccc(-c2nc(-c3cccnc3)nc(-c3cccc(-n4c5ccccc5c5cc(-c6ccc7[nH]c8ccccc8c7c6)ccc54)c3)n2)cc1.c1ccc(-c2nc(-c3cccnc3)nc(-c3cccc(-n4c5ccccc5c5cc(-c6ccc7c(c6)c6ccccc6n7-c6ccnc(-c7nc(-c8ccccc8)nc(-c8cccnc8)n7)n6)ccc54)c3)n2)cc1. The van der Waals surface area contributed by atoms with E-state index in [2.05, 4.69) is 252 Å². The van der Waals surface area contributed by atoms with E-state index >= 15 is 0 Å². The maximum atomic E-state index is 5.15. The van der Waals surface area contributed by atoms with Crippen molar-refractivity contribution in [3.63, 3.8) is 0 Å². The Hall–Kier alpha value is -17.4. The highest BCUT2D eigenvalue weighted by atomic mass is 15.1. The average Bonchev–Trinajstić information content (AvgIpc) is 1.59. The third-order valence-electron chi connectivity index (χ3n) is 22.7. The summed E-state index contributed by atoms with van der Waals surface area (Å²) in [6.07, 6.45) is 12.3. The van der Waals surface area contributed by atoms with Crippen molar-refractivity contribution in [3.05, 3.63) is 395 Å². The molecule has 0 aliphatic heterocycles. The summed E-state index contributed by atoms with van der Waals surface area (Å²) in [5, 5.41) is 9.38. The van der Waals surface area contributed by atoms with Crippen LogP contribution in [0.3, 0.4) is 0 Å². The lowest BCUT2D eigenvalue weighted by Gasteiger charge is -2.12. The van der Waals surface area contributed by atoms with Crippen molar-refractivity contribution in [3.8, 4) is 142 Å². The summed E-state index contributed by atoms with van der Waals surface area (Å²) in [7, 11) is 0. The number of rotatable bonds is 14. The molecule has 0 amide bonds. The number of benzene rings is 13. The minimum Gasteiger partial charge on any atom is -0.355 e. The van der Waals surface area contributed by atoms with Crippen LogP contribution >= 0.6 is 0 Å². The van der Waals surface area contributed by atoms with Gasteiger partial charge < -0.3 is 14.1 Å². The van der Waals surface area contributed by atoms with Gasteiger partial charge >= 0.3 is 0 Å². The van der Waals surface area contributed by atoms with Gasteiger partial charge in [-0.3, -0.25) is 19.5 Å². The number of nitrogens with one attached hydrogen (secondary N) is 1. The molecule has 18 nitrogen and oxygen atoms in total. The molecule has 18 heteroatoms. The largest absolute Gasteiger partial charge is 0.355 e.